The van der Waals surface area contributed by atoms with Crippen LogP contribution in [-0.4, -0.2) is 23.0 Å². The average molecular weight is 447 g/mol. The van der Waals surface area contributed by atoms with E-state index < -0.39 is 34.4 Å². The van der Waals surface area contributed by atoms with Crippen LogP contribution >= 0.6 is 23.2 Å². The molecule has 11 heteroatoms. The van der Waals surface area contributed by atoms with Crippen LogP contribution in [0.4, 0.5) is 29.3 Å². The predicted molar refractivity (Wildman–Crippen MR) is 104 cm³/mol. The lowest BCUT2D eigenvalue weighted by Gasteiger charge is -2.16. The van der Waals surface area contributed by atoms with Gasteiger partial charge in [-0.15, -0.1) is 0 Å². The van der Waals surface area contributed by atoms with E-state index >= 15 is 0 Å². The summed E-state index contributed by atoms with van der Waals surface area (Å²) in [6.07, 6.45) is -2.20. The quantitative estimate of drug-likeness (QED) is 0.598. The van der Waals surface area contributed by atoms with Crippen LogP contribution in [0.25, 0.3) is 0 Å². The molecule has 0 bridgehead atoms. The summed E-state index contributed by atoms with van der Waals surface area (Å²) in [6, 6.07) is 3.36. The molecule has 154 valence electrons. The Morgan fingerprint density at radius 2 is 1.83 bits per heavy atom. The van der Waals surface area contributed by atoms with Gasteiger partial charge in [-0.2, -0.15) is 13.2 Å². The second-order valence-electron chi connectivity index (χ2n) is 6.55. The number of hydrogen-bond donors (Lipinski definition) is 3. The van der Waals surface area contributed by atoms with Gasteiger partial charge in [-0.3, -0.25) is 10.1 Å². The number of imide groups is 1. The number of anilines is 2. The number of aromatic nitrogens is 1. The lowest BCUT2D eigenvalue weighted by molar-refractivity contribution is -0.137. The molecule has 3 amide bonds. The van der Waals surface area contributed by atoms with Crippen LogP contribution in [0.5, 0.6) is 0 Å². The minimum Gasteiger partial charge on any atom is -0.381 e. The molecule has 0 saturated heterocycles. The van der Waals surface area contributed by atoms with Crippen molar-refractivity contribution in [2.24, 2.45) is 0 Å². The fourth-order valence-corrected chi connectivity index (χ4v) is 3.07. The van der Waals surface area contributed by atoms with Crippen molar-refractivity contribution in [1.29, 1.82) is 0 Å². The van der Waals surface area contributed by atoms with Crippen LogP contribution in [0.2, 0.25) is 10.0 Å². The number of nitrogens with zero attached hydrogens (tertiary/aromatic N) is 1. The number of amides is 3. The van der Waals surface area contributed by atoms with Crippen LogP contribution < -0.4 is 16.0 Å². The van der Waals surface area contributed by atoms with Gasteiger partial charge in [0, 0.05) is 12.2 Å². The van der Waals surface area contributed by atoms with Gasteiger partial charge in [-0.05, 0) is 43.5 Å². The van der Waals surface area contributed by atoms with Gasteiger partial charge in [0.15, 0.2) is 0 Å². The largest absolute Gasteiger partial charge is 0.417 e. The minimum atomic E-state index is -4.66. The van der Waals surface area contributed by atoms with Crippen LogP contribution in [0.15, 0.2) is 24.4 Å². The van der Waals surface area contributed by atoms with Crippen molar-refractivity contribution < 1.29 is 22.8 Å². The summed E-state index contributed by atoms with van der Waals surface area (Å²) in [5.41, 5.74) is 0.138. The van der Waals surface area contributed by atoms with E-state index in [-0.39, 0.29) is 16.8 Å². The van der Waals surface area contributed by atoms with Crippen LogP contribution in [0, 0.1) is 6.92 Å². The Labute approximate surface area is 173 Å². The van der Waals surface area contributed by atoms with Crippen molar-refractivity contribution in [1.82, 2.24) is 10.3 Å². The number of carbonyl (C=O) groups excluding carboxylic acids is 2. The summed E-state index contributed by atoms with van der Waals surface area (Å²) < 4.78 is 38.0. The number of aryl methyl sites for hydroxylation is 1. The molecule has 3 N–H and O–H groups in total. The lowest BCUT2D eigenvalue weighted by Crippen LogP contribution is -2.35. The predicted octanol–water partition coefficient (Wildman–Crippen LogP) is 5.25. The number of carbonyl (C=O) groups is 2. The molecule has 6 nitrogen and oxygen atoms in total. The molecule has 1 aliphatic carbocycles. The van der Waals surface area contributed by atoms with E-state index in [1.54, 1.807) is 12.1 Å². The zero-order valence-electron chi connectivity index (χ0n) is 15.0. The molecule has 1 aromatic heterocycles. The number of alkyl halides is 3. The molecule has 2 aromatic rings. The van der Waals surface area contributed by atoms with Crippen molar-refractivity contribution in [3.05, 3.63) is 51.3 Å². The third kappa shape index (κ3) is 5.30. The van der Waals surface area contributed by atoms with Gasteiger partial charge in [0.25, 0.3) is 5.91 Å². The highest BCUT2D eigenvalue weighted by molar-refractivity contribution is 6.35. The summed E-state index contributed by atoms with van der Waals surface area (Å²) in [6.45, 7) is 1.84. The number of benzene rings is 1. The van der Waals surface area contributed by atoms with Crippen LogP contribution in [0.3, 0.4) is 0 Å². The van der Waals surface area contributed by atoms with Gasteiger partial charge < -0.3 is 10.6 Å². The van der Waals surface area contributed by atoms with Gasteiger partial charge in [-0.1, -0.05) is 23.2 Å². The van der Waals surface area contributed by atoms with Crippen LogP contribution in [0.1, 0.15) is 34.5 Å². The lowest BCUT2D eigenvalue weighted by atomic mass is 10.2. The molecule has 29 heavy (non-hydrogen) atoms. The monoisotopic (exact) mass is 446 g/mol. The van der Waals surface area contributed by atoms with Crippen molar-refractivity contribution in [2.45, 2.75) is 32.0 Å². The highest BCUT2D eigenvalue weighted by Gasteiger charge is 2.32. The summed E-state index contributed by atoms with van der Waals surface area (Å²) in [7, 11) is 0. The highest BCUT2D eigenvalue weighted by atomic mass is 35.5. The number of rotatable bonds is 4. The molecule has 1 saturated carbocycles. The van der Waals surface area contributed by atoms with E-state index in [1.807, 2.05) is 12.2 Å². The Bertz CT molecular complexity index is 978. The smallest absolute Gasteiger partial charge is 0.381 e. The molecular weight excluding hydrogens is 432 g/mol. The molecule has 0 spiro atoms. The molecule has 3 rings (SSSR count). The molecule has 0 aliphatic heterocycles. The standard InChI is InChI=1S/C18H15Cl2F3N4O2/c1-8-4-11(19)14(13(5-8)25-10-2-3-10)26-17(29)27-16(28)15-12(20)6-9(7-24-15)18(21,22)23/h4-7,10,25H,2-3H2,1H3,(H2,26,27,28,29). The third-order valence-electron chi connectivity index (χ3n) is 4.02. The first kappa shape index (κ1) is 21.2. The number of halogens is 5. The van der Waals surface area contributed by atoms with Gasteiger partial charge >= 0.3 is 12.2 Å². The second kappa shape index (κ2) is 8.08. The van der Waals surface area contributed by atoms with Crippen molar-refractivity contribution in [2.75, 3.05) is 10.6 Å². The normalized spacial score (nSPS) is 13.7. The van der Waals surface area contributed by atoms with E-state index in [2.05, 4.69) is 15.6 Å². The second-order valence-corrected chi connectivity index (χ2v) is 7.36. The summed E-state index contributed by atoms with van der Waals surface area (Å²) in [5.74, 6) is -1.05. The number of hydrogen-bond acceptors (Lipinski definition) is 4. The van der Waals surface area contributed by atoms with E-state index in [4.69, 9.17) is 23.2 Å². The molecule has 1 aliphatic rings. The fraction of sp³-hybridized carbons (Fsp3) is 0.278. The van der Waals surface area contributed by atoms with Gasteiger partial charge in [0.05, 0.1) is 27.0 Å². The zero-order chi connectivity index (χ0) is 21.3. The van der Waals surface area contributed by atoms with Crippen molar-refractivity contribution >= 4 is 46.5 Å². The maximum atomic E-state index is 12.7. The molecule has 0 atom stereocenters. The van der Waals surface area contributed by atoms with E-state index in [0.717, 1.165) is 18.4 Å². The van der Waals surface area contributed by atoms with E-state index in [1.165, 1.54) is 0 Å². The SMILES string of the molecule is Cc1cc(Cl)c(NC(=O)NC(=O)c2ncc(C(F)(F)F)cc2Cl)c(NC2CC2)c1. The third-order valence-corrected chi connectivity index (χ3v) is 4.61. The molecule has 1 fully saturated rings. The Morgan fingerprint density at radius 1 is 1.14 bits per heavy atom. The van der Waals surface area contributed by atoms with E-state index in [9.17, 15) is 22.8 Å². The first-order valence-electron chi connectivity index (χ1n) is 8.46. The molecular formula is C18H15Cl2F3N4O2. The maximum Gasteiger partial charge on any atom is 0.417 e. The van der Waals surface area contributed by atoms with Crippen molar-refractivity contribution in [3.8, 4) is 0 Å². The molecule has 0 radical (unpaired) electrons. The summed E-state index contributed by atoms with van der Waals surface area (Å²) in [5, 5.41) is 7.42. The first-order valence-corrected chi connectivity index (χ1v) is 9.22. The van der Waals surface area contributed by atoms with Gasteiger partial charge in [0.2, 0.25) is 0 Å². The fourth-order valence-electron chi connectivity index (χ4n) is 2.50. The maximum absolute atomic E-state index is 12.7. The molecule has 0 unspecified atom stereocenters. The van der Waals surface area contributed by atoms with Gasteiger partial charge in [-0.25, -0.2) is 9.78 Å². The zero-order valence-corrected chi connectivity index (χ0v) is 16.5. The van der Waals surface area contributed by atoms with Gasteiger partial charge in [0.1, 0.15) is 5.69 Å². The molecule has 1 heterocycles. The van der Waals surface area contributed by atoms with E-state index in [0.29, 0.717) is 18.0 Å². The minimum absolute atomic E-state index is 0.265. The number of urea groups is 1. The van der Waals surface area contributed by atoms with Crippen molar-refractivity contribution in [3.63, 3.8) is 0 Å². The Morgan fingerprint density at radius 3 is 2.41 bits per heavy atom. The average Bonchev–Trinajstić information content (AvgIpc) is 3.41. The summed E-state index contributed by atoms with van der Waals surface area (Å²) >= 11 is 11.9. The number of nitrogens with one attached hydrogen (secondary N) is 3. The Balaban J connectivity index is 1.73. The Kier molecular flexibility index (Phi) is 5.90. The highest BCUT2D eigenvalue weighted by Crippen LogP contribution is 2.35. The van der Waals surface area contributed by atoms with Crippen LogP contribution in [-0.2, 0) is 6.18 Å². The topological polar surface area (TPSA) is 83.1 Å². The molecule has 1 aromatic carbocycles. The summed E-state index contributed by atoms with van der Waals surface area (Å²) in [4.78, 5) is 27.9. The first-order chi connectivity index (χ1) is 13.5. The Hall–Kier alpha value is -2.52. The number of pyridine rings is 1.